The van der Waals surface area contributed by atoms with E-state index in [4.69, 9.17) is 9.15 Å². The summed E-state index contributed by atoms with van der Waals surface area (Å²) in [6, 6.07) is 5.65. The van der Waals surface area contributed by atoms with Crippen LogP contribution in [0, 0.1) is 0 Å². The lowest BCUT2D eigenvalue weighted by Crippen LogP contribution is -2.28. The fraction of sp³-hybridized carbons (Fsp3) is 0.400. The van der Waals surface area contributed by atoms with Gasteiger partial charge in [0, 0.05) is 24.0 Å². The van der Waals surface area contributed by atoms with Crippen molar-refractivity contribution in [2.24, 2.45) is 0 Å². The van der Waals surface area contributed by atoms with Gasteiger partial charge in [-0.1, -0.05) is 0 Å². The molecule has 1 amide bonds. The minimum absolute atomic E-state index is 0.183. The van der Waals surface area contributed by atoms with Gasteiger partial charge >= 0.3 is 0 Å². The Labute approximate surface area is 111 Å². The van der Waals surface area contributed by atoms with Crippen molar-refractivity contribution < 1.29 is 13.9 Å². The van der Waals surface area contributed by atoms with Gasteiger partial charge in [0.05, 0.1) is 19.8 Å². The molecule has 3 rings (SSSR count). The molecule has 0 saturated carbocycles. The normalized spacial score (nSPS) is 15.1. The molecule has 1 aromatic carbocycles. The second kappa shape index (κ2) is 4.96. The van der Waals surface area contributed by atoms with E-state index in [9.17, 15) is 4.79 Å². The molecule has 0 atom stereocenters. The zero-order chi connectivity index (χ0) is 13.2. The first-order valence-corrected chi connectivity index (χ1v) is 6.60. The first-order chi connectivity index (χ1) is 9.28. The first kappa shape index (κ1) is 12.1. The van der Waals surface area contributed by atoms with E-state index in [1.807, 2.05) is 23.1 Å². The molecule has 0 radical (unpaired) electrons. The number of ether oxygens (including phenoxy) is 1. The van der Waals surface area contributed by atoms with Gasteiger partial charge in [0.1, 0.15) is 11.3 Å². The summed E-state index contributed by atoms with van der Waals surface area (Å²) >= 11 is 0. The summed E-state index contributed by atoms with van der Waals surface area (Å²) in [6.45, 7) is 1.77. The maximum atomic E-state index is 12.2. The highest BCUT2D eigenvalue weighted by Crippen LogP contribution is 2.26. The van der Waals surface area contributed by atoms with Gasteiger partial charge in [-0.3, -0.25) is 4.79 Å². The van der Waals surface area contributed by atoms with Gasteiger partial charge in [-0.05, 0) is 31.0 Å². The van der Waals surface area contributed by atoms with Crippen molar-refractivity contribution in [3.05, 3.63) is 30.0 Å². The van der Waals surface area contributed by atoms with Crippen LogP contribution in [0.4, 0.5) is 0 Å². The number of likely N-dealkylation sites (tertiary alicyclic amines) is 1. The molecule has 19 heavy (non-hydrogen) atoms. The zero-order valence-electron chi connectivity index (χ0n) is 11.0. The maximum Gasteiger partial charge on any atom is 0.227 e. The van der Waals surface area contributed by atoms with Crippen LogP contribution in [-0.4, -0.2) is 31.0 Å². The summed E-state index contributed by atoms with van der Waals surface area (Å²) in [5.74, 6) is 0.965. The summed E-state index contributed by atoms with van der Waals surface area (Å²) in [5.41, 5.74) is 1.73. The Kier molecular flexibility index (Phi) is 3.15. The molecular formula is C15H17NO3. The molecule has 1 fully saturated rings. The van der Waals surface area contributed by atoms with Gasteiger partial charge in [-0.25, -0.2) is 0 Å². The van der Waals surface area contributed by atoms with Crippen LogP contribution in [0.25, 0.3) is 11.0 Å². The molecule has 2 heterocycles. The van der Waals surface area contributed by atoms with Crippen LogP contribution in [0.5, 0.6) is 5.75 Å². The summed E-state index contributed by atoms with van der Waals surface area (Å²) in [5, 5.41) is 0.965. The minimum Gasteiger partial charge on any atom is -0.497 e. The number of hydrogen-bond acceptors (Lipinski definition) is 3. The van der Waals surface area contributed by atoms with Crippen LogP contribution < -0.4 is 4.74 Å². The van der Waals surface area contributed by atoms with E-state index in [1.165, 1.54) is 0 Å². The number of carbonyl (C=O) groups is 1. The van der Waals surface area contributed by atoms with Gasteiger partial charge in [-0.2, -0.15) is 0 Å². The number of furan rings is 1. The van der Waals surface area contributed by atoms with Crippen molar-refractivity contribution in [2.75, 3.05) is 20.2 Å². The molecule has 0 unspecified atom stereocenters. The summed E-state index contributed by atoms with van der Waals surface area (Å²) in [4.78, 5) is 14.1. The monoisotopic (exact) mass is 259 g/mol. The third-order valence-corrected chi connectivity index (χ3v) is 3.66. The van der Waals surface area contributed by atoms with E-state index >= 15 is 0 Å². The largest absolute Gasteiger partial charge is 0.497 e. The highest BCUT2D eigenvalue weighted by Gasteiger charge is 2.19. The van der Waals surface area contributed by atoms with Crippen LogP contribution in [0.1, 0.15) is 18.4 Å². The smallest absolute Gasteiger partial charge is 0.227 e. The van der Waals surface area contributed by atoms with Crippen molar-refractivity contribution in [3.63, 3.8) is 0 Å². The lowest BCUT2D eigenvalue weighted by Gasteiger charge is -2.14. The van der Waals surface area contributed by atoms with Crippen LogP contribution >= 0.6 is 0 Å². The Morgan fingerprint density at radius 2 is 2.16 bits per heavy atom. The van der Waals surface area contributed by atoms with E-state index in [2.05, 4.69) is 0 Å². The molecule has 0 N–H and O–H groups in total. The number of rotatable bonds is 3. The molecule has 1 saturated heterocycles. The predicted octanol–water partition coefficient (Wildman–Crippen LogP) is 2.61. The second-order valence-corrected chi connectivity index (χ2v) is 4.89. The number of hydrogen-bond donors (Lipinski definition) is 0. The van der Waals surface area contributed by atoms with Crippen LogP contribution in [0.2, 0.25) is 0 Å². The summed E-state index contributed by atoms with van der Waals surface area (Å²) in [7, 11) is 1.64. The fourth-order valence-electron chi connectivity index (χ4n) is 2.57. The van der Waals surface area contributed by atoms with Gasteiger partial charge in [0.2, 0.25) is 5.91 Å². The van der Waals surface area contributed by atoms with Crippen LogP contribution in [0.3, 0.4) is 0 Å². The highest BCUT2D eigenvalue weighted by molar-refractivity contribution is 5.88. The third-order valence-electron chi connectivity index (χ3n) is 3.66. The molecule has 100 valence electrons. The van der Waals surface area contributed by atoms with Gasteiger partial charge in [0.15, 0.2) is 0 Å². The van der Waals surface area contributed by atoms with Gasteiger partial charge in [-0.15, -0.1) is 0 Å². The minimum atomic E-state index is 0.183. The third kappa shape index (κ3) is 2.30. The van der Waals surface area contributed by atoms with E-state index in [1.54, 1.807) is 13.4 Å². The van der Waals surface area contributed by atoms with Crippen molar-refractivity contribution in [2.45, 2.75) is 19.3 Å². The van der Waals surface area contributed by atoms with Crippen molar-refractivity contribution >= 4 is 16.9 Å². The highest BCUT2D eigenvalue weighted by atomic mass is 16.5. The number of amides is 1. The van der Waals surface area contributed by atoms with Crippen LogP contribution in [0.15, 0.2) is 28.9 Å². The summed E-state index contributed by atoms with van der Waals surface area (Å²) in [6.07, 6.45) is 4.32. The molecule has 0 bridgehead atoms. The molecule has 1 aliphatic rings. The van der Waals surface area contributed by atoms with Crippen molar-refractivity contribution in [1.29, 1.82) is 0 Å². The standard InChI is InChI=1S/C15H17NO3/c1-18-12-4-5-14-13(9-12)11(10-19-14)8-15(17)16-6-2-3-7-16/h4-5,9-10H,2-3,6-8H2,1H3. The van der Waals surface area contributed by atoms with E-state index in [-0.39, 0.29) is 5.91 Å². The van der Waals surface area contributed by atoms with Gasteiger partial charge in [0.25, 0.3) is 0 Å². The van der Waals surface area contributed by atoms with E-state index < -0.39 is 0 Å². The molecule has 4 nitrogen and oxygen atoms in total. The number of fused-ring (bicyclic) bond motifs is 1. The molecule has 2 aromatic rings. The van der Waals surface area contributed by atoms with Crippen molar-refractivity contribution in [3.8, 4) is 5.75 Å². The van der Waals surface area contributed by atoms with E-state index in [0.29, 0.717) is 6.42 Å². The van der Waals surface area contributed by atoms with Gasteiger partial charge < -0.3 is 14.1 Å². The Balaban J connectivity index is 1.85. The first-order valence-electron chi connectivity index (χ1n) is 6.60. The fourth-order valence-corrected chi connectivity index (χ4v) is 2.57. The molecule has 1 aromatic heterocycles. The zero-order valence-corrected chi connectivity index (χ0v) is 11.0. The lowest BCUT2D eigenvalue weighted by molar-refractivity contribution is -0.129. The molecule has 4 heteroatoms. The lowest BCUT2D eigenvalue weighted by atomic mass is 10.1. The van der Waals surface area contributed by atoms with E-state index in [0.717, 1.165) is 48.2 Å². The maximum absolute atomic E-state index is 12.2. The average molecular weight is 259 g/mol. The number of benzene rings is 1. The Hall–Kier alpha value is -1.97. The molecule has 0 aliphatic carbocycles. The Morgan fingerprint density at radius 3 is 2.89 bits per heavy atom. The Bertz CT molecular complexity index is 596. The van der Waals surface area contributed by atoms with Crippen LogP contribution in [-0.2, 0) is 11.2 Å². The predicted molar refractivity (Wildman–Crippen MR) is 72.3 cm³/mol. The van der Waals surface area contributed by atoms with Crippen molar-refractivity contribution in [1.82, 2.24) is 4.90 Å². The SMILES string of the molecule is COc1ccc2occ(CC(=O)N3CCCC3)c2c1. The number of nitrogens with zero attached hydrogens (tertiary/aromatic N) is 1. The second-order valence-electron chi connectivity index (χ2n) is 4.89. The average Bonchev–Trinajstić information content (AvgIpc) is 3.08. The molecular weight excluding hydrogens is 242 g/mol. The molecule has 1 aliphatic heterocycles. The number of methoxy groups -OCH3 is 1. The topological polar surface area (TPSA) is 42.7 Å². The quantitative estimate of drug-likeness (QED) is 0.851. The summed E-state index contributed by atoms with van der Waals surface area (Å²) < 4.78 is 10.7. The Morgan fingerprint density at radius 1 is 1.37 bits per heavy atom. The molecule has 0 spiro atoms. The number of carbonyl (C=O) groups excluding carboxylic acids is 1.